The SMILES string of the molecule is Cc1ccc(C(C)(O)Cn2c(=O)[nH]c3ccccc3c2=O)o1. The maximum Gasteiger partial charge on any atom is 0.328 e. The van der Waals surface area contributed by atoms with E-state index in [0.717, 1.165) is 4.57 Å². The molecule has 22 heavy (non-hydrogen) atoms. The van der Waals surface area contributed by atoms with Crippen LogP contribution in [-0.4, -0.2) is 14.7 Å². The standard InChI is InChI=1S/C16H16N2O4/c1-10-7-8-13(22-10)16(2,21)9-18-14(19)11-5-3-4-6-12(11)17-15(18)20/h3-8,21H,9H2,1-2H3,(H,17,20). The quantitative estimate of drug-likeness (QED) is 0.767. The number of aromatic nitrogens is 2. The third kappa shape index (κ3) is 2.37. The number of furan rings is 1. The highest BCUT2D eigenvalue weighted by atomic mass is 16.4. The van der Waals surface area contributed by atoms with Crippen LogP contribution in [-0.2, 0) is 12.1 Å². The molecule has 0 fully saturated rings. The first-order valence-electron chi connectivity index (χ1n) is 6.90. The molecule has 2 N–H and O–H groups in total. The Morgan fingerprint density at radius 3 is 2.64 bits per heavy atom. The largest absolute Gasteiger partial charge is 0.463 e. The molecule has 3 rings (SSSR count). The lowest BCUT2D eigenvalue weighted by atomic mass is 10.0. The topological polar surface area (TPSA) is 88.2 Å². The molecule has 0 saturated heterocycles. The maximum atomic E-state index is 12.5. The predicted octanol–water partition coefficient (Wildman–Crippen LogP) is 1.50. The molecular formula is C16H16N2O4. The van der Waals surface area contributed by atoms with Crippen LogP contribution in [0.3, 0.4) is 0 Å². The molecule has 0 aliphatic heterocycles. The van der Waals surface area contributed by atoms with E-state index in [-0.39, 0.29) is 6.54 Å². The van der Waals surface area contributed by atoms with Gasteiger partial charge in [0.05, 0.1) is 17.4 Å². The molecule has 3 aromatic rings. The first kappa shape index (κ1) is 14.3. The minimum absolute atomic E-state index is 0.195. The van der Waals surface area contributed by atoms with Gasteiger partial charge in [0.15, 0.2) is 0 Å². The smallest absolute Gasteiger partial charge is 0.328 e. The van der Waals surface area contributed by atoms with Gasteiger partial charge in [0.25, 0.3) is 5.56 Å². The zero-order chi connectivity index (χ0) is 15.9. The van der Waals surface area contributed by atoms with Gasteiger partial charge in [-0.15, -0.1) is 0 Å². The summed E-state index contributed by atoms with van der Waals surface area (Å²) in [6.07, 6.45) is 0. The lowest BCUT2D eigenvalue weighted by Crippen LogP contribution is -2.41. The highest BCUT2D eigenvalue weighted by Gasteiger charge is 2.29. The summed E-state index contributed by atoms with van der Waals surface area (Å²) in [4.78, 5) is 27.2. The molecule has 6 heteroatoms. The molecule has 1 aromatic carbocycles. The minimum atomic E-state index is -1.46. The van der Waals surface area contributed by atoms with Gasteiger partial charge in [-0.05, 0) is 38.1 Å². The lowest BCUT2D eigenvalue weighted by molar-refractivity contribution is 0.0139. The van der Waals surface area contributed by atoms with Gasteiger partial charge >= 0.3 is 5.69 Å². The first-order valence-corrected chi connectivity index (χ1v) is 6.90. The normalized spacial score (nSPS) is 14.1. The van der Waals surface area contributed by atoms with Crippen molar-refractivity contribution in [2.75, 3.05) is 0 Å². The van der Waals surface area contributed by atoms with Crippen molar-refractivity contribution < 1.29 is 9.52 Å². The van der Waals surface area contributed by atoms with Crippen molar-refractivity contribution in [3.8, 4) is 0 Å². The summed E-state index contributed by atoms with van der Waals surface area (Å²) in [6, 6.07) is 10.1. The van der Waals surface area contributed by atoms with Gasteiger partial charge in [0, 0.05) is 0 Å². The number of aryl methyl sites for hydroxylation is 1. The zero-order valence-electron chi connectivity index (χ0n) is 12.3. The Morgan fingerprint density at radius 2 is 1.95 bits per heavy atom. The first-order chi connectivity index (χ1) is 10.4. The zero-order valence-corrected chi connectivity index (χ0v) is 12.3. The van der Waals surface area contributed by atoms with Crippen LogP contribution in [0.2, 0.25) is 0 Å². The number of fused-ring (bicyclic) bond motifs is 1. The summed E-state index contributed by atoms with van der Waals surface area (Å²) in [7, 11) is 0. The van der Waals surface area contributed by atoms with Gasteiger partial charge in [-0.1, -0.05) is 12.1 Å². The van der Waals surface area contributed by atoms with E-state index < -0.39 is 16.9 Å². The third-order valence-electron chi connectivity index (χ3n) is 3.63. The Balaban J connectivity index is 2.11. The number of para-hydroxylation sites is 1. The molecule has 114 valence electrons. The molecule has 0 radical (unpaired) electrons. The summed E-state index contributed by atoms with van der Waals surface area (Å²) in [5.74, 6) is 0.958. The Morgan fingerprint density at radius 1 is 1.23 bits per heavy atom. The molecule has 1 atom stereocenters. The van der Waals surface area contributed by atoms with Crippen molar-refractivity contribution in [1.29, 1.82) is 0 Å². The molecule has 0 saturated carbocycles. The van der Waals surface area contributed by atoms with Crippen LogP contribution in [0.25, 0.3) is 10.9 Å². The van der Waals surface area contributed by atoms with Crippen LogP contribution in [0.15, 0.2) is 50.4 Å². The lowest BCUT2D eigenvalue weighted by Gasteiger charge is -2.21. The van der Waals surface area contributed by atoms with Crippen LogP contribution < -0.4 is 11.2 Å². The molecule has 6 nitrogen and oxygen atoms in total. The molecule has 2 heterocycles. The van der Waals surface area contributed by atoms with Crippen molar-refractivity contribution in [3.63, 3.8) is 0 Å². The Kier molecular flexibility index (Phi) is 3.26. The number of rotatable bonds is 3. The highest BCUT2D eigenvalue weighted by Crippen LogP contribution is 2.23. The van der Waals surface area contributed by atoms with Crippen molar-refractivity contribution in [2.45, 2.75) is 26.0 Å². The number of aliphatic hydroxyl groups is 1. The average Bonchev–Trinajstić information content (AvgIpc) is 2.91. The fraction of sp³-hybridized carbons (Fsp3) is 0.250. The second kappa shape index (κ2) is 4.99. The van der Waals surface area contributed by atoms with Gasteiger partial charge in [0.1, 0.15) is 17.1 Å². The van der Waals surface area contributed by atoms with Crippen LogP contribution in [0, 0.1) is 6.92 Å². The second-order valence-corrected chi connectivity index (χ2v) is 5.55. The van der Waals surface area contributed by atoms with Crippen LogP contribution >= 0.6 is 0 Å². The Bertz CT molecular complexity index is 946. The Labute approximate surface area is 125 Å². The van der Waals surface area contributed by atoms with Gasteiger partial charge < -0.3 is 14.5 Å². The van der Waals surface area contributed by atoms with E-state index in [1.807, 2.05) is 0 Å². The summed E-state index contributed by atoms with van der Waals surface area (Å²) < 4.78 is 6.40. The van der Waals surface area contributed by atoms with Gasteiger partial charge in [-0.2, -0.15) is 0 Å². The second-order valence-electron chi connectivity index (χ2n) is 5.55. The molecule has 0 aliphatic rings. The molecule has 2 aromatic heterocycles. The van der Waals surface area contributed by atoms with Gasteiger partial charge in [-0.3, -0.25) is 9.36 Å². The summed E-state index contributed by atoms with van der Waals surface area (Å²) >= 11 is 0. The fourth-order valence-electron chi connectivity index (χ4n) is 2.45. The Hall–Kier alpha value is -2.60. The number of H-pyrrole nitrogens is 1. The van der Waals surface area contributed by atoms with E-state index in [1.165, 1.54) is 6.92 Å². The number of hydrogen-bond donors (Lipinski definition) is 2. The molecular weight excluding hydrogens is 284 g/mol. The van der Waals surface area contributed by atoms with E-state index in [9.17, 15) is 14.7 Å². The summed E-state index contributed by atoms with van der Waals surface area (Å²) in [5, 5.41) is 11.0. The van der Waals surface area contributed by atoms with Crippen molar-refractivity contribution >= 4 is 10.9 Å². The van der Waals surface area contributed by atoms with Crippen LogP contribution in [0.4, 0.5) is 0 Å². The monoisotopic (exact) mass is 300 g/mol. The fourth-order valence-corrected chi connectivity index (χ4v) is 2.45. The number of aromatic amines is 1. The van der Waals surface area contributed by atoms with Crippen molar-refractivity contribution in [3.05, 3.63) is 68.8 Å². The van der Waals surface area contributed by atoms with E-state index >= 15 is 0 Å². The molecule has 0 amide bonds. The van der Waals surface area contributed by atoms with Gasteiger partial charge in [0.2, 0.25) is 0 Å². The maximum absolute atomic E-state index is 12.5. The summed E-state index contributed by atoms with van der Waals surface area (Å²) in [5.41, 5.74) is -1.99. The van der Waals surface area contributed by atoms with E-state index in [4.69, 9.17) is 4.42 Å². The average molecular weight is 300 g/mol. The van der Waals surface area contributed by atoms with Gasteiger partial charge in [-0.25, -0.2) is 4.79 Å². The van der Waals surface area contributed by atoms with E-state index in [0.29, 0.717) is 22.4 Å². The predicted molar refractivity (Wildman–Crippen MR) is 81.8 cm³/mol. The van der Waals surface area contributed by atoms with Crippen LogP contribution in [0.1, 0.15) is 18.4 Å². The number of nitrogens with one attached hydrogen (secondary N) is 1. The number of hydrogen-bond acceptors (Lipinski definition) is 4. The van der Waals surface area contributed by atoms with Crippen molar-refractivity contribution in [1.82, 2.24) is 9.55 Å². The van der Waals surface area contributed by atoms with E-state index in [2.05, 4.69) is 4.98 Å². The molecule has 0 bridgehead atoms. The number of nitrogens with zero attached hydrogens (tertiary/aromatic N) is 1. The third-order valence-corrected chi connectivity index (χ3v) is 3.63. The molecule has 0 spiro atoms. The highest BCUT2D eigenvalue weighted by molar-refractivity contribution is 5.76. The van der Waals surface area contributed by atoms with Crippen molar-refractivity contribution in [2.24, 2.45) is 0 Å². The van der Waals surface area contributed by atoms with E-state index in [1.54, 1.807) is 43.3 Å². The van der Waals surface area contributed by atoms with Crippen LogP contribution in [0.5, 0.6) is 0 Å². The molecule has 1 unspecified atom stereocenters. The minimum Gasteiger partial charge on any atom is -0.463 e. The summed E-state index contributed by atoms with van der Waals surface area (Å²) in [6.45, 7) is 3.07. The molecule has 0 aliphatic carbocycles. The number of benzene rings is 1.